The Kier molecular flexibility index (Phi) is 7.08. The van der Waals surface area contributed by atoms with E-state index in [1.54, 1.807) is 0 Å². The molecule has 1 fully saturated rings. The highest BCUT2D eigenvalue weighted by Crippen LogP contribution is 2.38. The zero-order valence-corrected chi connectivity index (χ0v) is 15.4. The summed E-state index contributed by atoms with van der Waals surface area (Å²) in [4.78, 5) is 0. The van der Waals surface area contributed by atoms with Crippen molar-refractivity contribution >= 4 is 0 Å². The highest BCUT2D eigenvalue weighted by molar-refractivity contribution is 5.10. The van der Waals surface area contributed by atoms with Gasteiger partial charge in [-0.15, -0.1) is 6.58 Å². The fraction of sp³-hybridized carbons (Fsp3) is 0.700. The summed E-state index contributed by atoms with van der Waals surface area (Å²) in [7, 11) is 0. The maximum atomic E-state index is 6.15. The largest absolute Gasteiger partial charge is 0.348 e. The van der Waals surface area contributed by atoms with E-state index in [-0.39, 0.29) is 18.0 Å². The predicted octanol–water partition coefficient (Wildman–Crippen LogP) is 5.80. The molecule has 1 aliphatic rings. The lowest BCUT2D eigenvalue weighted by molar-refractivity contribution is -0.186. The number of rotatable bonds is 7. The van der Waals surface area contributed by atoms with Gasteiger partial charge in [-0.3, -0.25) is 0 Å². The molecule has 0 amide bonds. The summed E-state index contributed by atoms with van der Waals surface area (Å²) in [5, 5.41) is 0. The minimum Gasteiger partial charge on any atom is -0.348 e. The van der Waals surface area contributed by atoms with E-state index in [1.165, 1.54) is 11.1 Å². The zero-order chi connectivity index (χ0) is 16.9. The lowest BCUT2D eigenvalue weighted by Crippen LogP contribution is -2.27. The molecule has 1 rings (SSSR count). The molecule has 0 spiro atoms. The molecule has 2 nitrogen and oxygen atoms in total. The minimum absolute atomic E-state index is 0.130. The minimum atomic E-state index is -0.184. The van der Waals surface area contributed by atoms with E-state index in [9.17, 15) is 0 Å². The first-order chi connectivity index (χ1) is 10.1. The van der Waals surface area contributed by atoms with Crippen molar-refractivity contribution in [3.05, 3.63) is 36.0 Å². The SMILES string of the molecule is C=C(C)C[C@H]1OC(OC(C)(C)C)C[C@@H]1C(=C)CCC=C(C)C. The van der Waals surface area contributed by atoms with Crippen LogP contribution in [0.15, 0.2) is 36.0 Å². The molecule has 0 aromatic carbocycles. The van der Waals surface area contributed by atoms with E-state index in [4.69, 9.17) is 9.47 Å². The molecule has 0 aromatic rings. The maximum absolute atomic E-state index is 6.15. The molecule has 1 saturated heterocycles. The summed E-state index contributed by atoms with van der Waals surface area (Å²) in [6, 6.07) is 0. The second-order valence-electron chi connectivity index (χ2n) is 7.82. The molecular formula is C20H34O2. The van der Waals surface area contributed by atoms with Gasteiger partial charge < -0.3 is 9.47 Å². The normalized spacial score (nSPS) is 25.1. The Hall–Kier alpha value is -0.860. The van der Waals surface area contributed by atoms with Gasteiger partial charge in [-0.1, -0.05) is 29.4 Å². The Bertz CT molecular complexity index is 421. The number of hydrogen-bond donors (Lipinski definition) is 0. The Labute approximate surface area is 137 Å². The molecule has 126 valence electrons. The van der Waals surface area contributed by atoms with Crippen molar-refractivity contribution in [3.8, 4) is 0 Å². The van der Waals surface area contributed by atoms with Gasteiger partial charge in [0.05, 0.1) is 11.7 Å². The first-order valence-electron chi connectivity index (χ1n) is 8.37. The van der Waals surface area contributed by atoms with Gasteiger partial charge in [0.1, 0.15) is 0 Å². The van der Waals surface area contributed by atoms with E-state index in [2.05, 4.69) is 60.8 Å². The summed E-state index contributed by atoms with van der Waals surface area (Å²) < 4.78 is 12.2. The molecule has 0 radical (unpaired) electrons. The van der Waals surface area contributed by atoms with Crippen LogP contribution in [0.25, 0.3) is 0 Å². The van der Waals surface area contributed by atoms with Gasteiger partial charge >= 0.3 is 0 Å². The van der Waals surface area contributed by atoms with Crippen molar-refractivity contribution in [2.24, 2.45) is 5.92 Å². The van der Waals surface area contributed by atoms with Crippen molar-refractivity contribution in [1.29, 1.82) is 0 Å². The highest BCUT2D eigenvalue weighted by Gasteiger charge is 2.38. The van der Waals surface area contributed by atoms with Crippen LogP contribution >= 0.6 is 0 Å². The molecular weight excluding hydrogens is 272 g/mol. The van der Waals surface area contributed by atoms with Gasteiger partial charge in [-0.25, -0.2) is 0 Å². The van der Waals surface area contributed by atoms with Gasteiger partial charge in [0.25, 0.3) is 0 Å². The number of ether oxygens (including phenoxy) is 2. The highest BCUT2D eigenvalue weighted by atomic mass is 16.7. The average Bonchev–Trinajstić information content (AvgIpc) is 2.67. The van der Waals surface area contributed by atoms with Crippen LogP contribution in [-0.2, 0) is 9.47 Å². The Morgan fingerprint density at radius 2 is 1.86 bits per heavy atom. The van der Waals surface area contributed by atoms with E-state index in [1.807, 2.05) is 0 Å². The topological polar surface area (TPSA) is 18.5 Å². The monoisotopic (exact) mass is 306 g/mol. The maximum Gasteiger partial charge on any atom is 0.159 e. The van der Waals surface area contributed by atoms with Crippen LogP contribution in [0.4, 0.5) is 0 Å². The van der Waals surface area contributed by atoms with E-state index in [0.717, 1.165) is 31.3 Å². The second-order valence-corrected chi connectivity index (χ2v) is 7.82. The molecule has 0 N–H and O–H groups in total. The lowest BCUT2D eigenvalue weighted by atomic mass is 9.87. The van der Waals surface area contributed by atoms with Crippen LogP contribution < -0.4 is 0 Å². The molecule has 1 unspecified atom stereocenters. The Balaban J connectivity index is 2.68. The van der Waals surface area contributed by atoms with Gasteiger partial charge in [-0.05, 0) is 60.8 Å². The molecule has 0 aromatic heterocycles. The molecule has 0 saturated carbocycles. The zero-order valence-electron chi connectivity index (χ0n) is 15.4. The van der Waals surface area contributed by atoms with Crippen LogP contribution in [0.2, 0.25) is 0 Å². The first kappa shape index (κ1) is 19.2. The van der Waals surface area contributed by atoms with Gasteiger partial charge in [0.2, 0.25) is 0 Å². The first-order valence-corrected chi connectivity index (χ1v) is 8.37. The third-order valence-electron chi connectivity index (χ3n) is 3.80. The second kappa shape index (κ2) is 8.12. The summed E-state index contributed by atoms with van der Waals surface area (Å²) in [6.45, 7) is 20.9. The fourth-order valence-corrected chi connectivity index (χ4v) is 2.87. The summed E-state index contributed by atoms with van der Waals surface area (Å²) in [5.74, 6) is 0.370. The van der Waals surface area contributed by atoms with Crippen LogP contribution in [0.3, 0.4) is 0 Å². The van der Waals surface area contributed by atoms with Crippen molar-refractivity contribution in [2.75, 3.05) is 0 Å². The molecule has 2 heteroatoms. The fourth-order valence-electron chi connectivity index (χ4n) is 2.87. The van der Waals surface area contributed by atoms with Crippen LogP contribution in [0.1, 0.15) is 67.2 Å². The third kappa shape index (κ3) is 6.93. The number of hydrogen-bond acceptors (Lipinski definition) is 2. The van der Waals surface area contributed by atoms with Crippen LogP contribution in [0.5, 0.6) is 0 Å². The lowest BCUT2D eigenvalue weighted by Gasteiger charge is -2.24. The molecule has 0 bridgehead atoms. The van der Waals surface area contributed by atoms with Gasteiger partial charge in [0, 0.05) is 12.3 Å². The van der Waals surface area contributed by atoms with E-state index >= 15 is 0 Å². The predicted molar refractivity (Wildman–Crippen MR) is 94.8 cm³/mol. The average molecular weight is 306 g/mol. The van der Waals surface area contributed by atoms with E-state index < -0.39 is 0 Å². The standard InChI is InChI=1S/C20H34O2/c1-14(2)10-9-11-16(5)17-13-19(22-20(6,7)8)21-18(17)12-15(3)4/h10,17-19H,3,5,9,11-13H2,1-2,4,6-8H3/t17-,18-,19?/m1/s1. The Morgan fingerprint density at radius 1 is 1.23 bits per heavy atom. The van der Waals surface area contributed by atoms with Gasteiger partial charge in [0.15, 0.2) is 6.29 Å². The molecule has 3 atom stereocenters. The van der Waals surface area contributed by atoms with Crippen molar-refractivity contribution < 1.29 is 9.47 Å². The van der Waals surface area contributed by atoms with Crippen LogP contribution in [0, 0.1) is 5.92 Å². The summed E-state index contributed by atoms with van der Waals surface area (Å²) >= 11 is 0. The van der Waals surface area contributed by atoms with Crippen molar-refractivity contribution in [3.63, 3.8) is 0 Å². The molecule has 1 heterocycles. The van der Waals surface area contributed by atoms with Crippen molar-refractivity contribution in [1.82, 2.24) is 0 Å². The smallest absolute Gasteiger partial charge is 0.159 e. The summed E-state index contributed by atoms with van der Waals surface area (Å²) in [6.07, 6.45) is 6.17. The third-order valence-corrected chi connectivity index (χ3v) is 3.80. The number of allylic oxidation sites excluding steroid dienone is 2. The molecule has 0 aliphatic carbocycles. The van der Waals surface area contributed by atoms with Gasteiger partial charge in [-0.2, -0.15) is 0 Å². The Morgan fingerprint density at radius 3 is 2.36 bits per heavy atom. The van der Waals surface area contributed by atoms with E-state index in [0.29, 0.717) is 5.92 Å². The molecule has 1 aliphatic heterocycles. The quantitative estimate of drug-likeness (QED) is 0.553. The molecule has 22 heavy (non-hydrogen) atoms. The van der Waals surface area contributed by atoms with Crippen molar-refractivity contribution in [2.45, 2.75) is 85.2 Å². The summed E-state index contributed by atoms with van der Waals surface area (Å²) in [5.41, 5.74) is 3.62. The van der Waals surface area contributed by atoms with Crippen LogP contribution in [-0.4, -0.2) is 18.0 Å².